The van der Waals surface area contributed by atoms with Gasteiger partial charge in [0.15, 0.2) is 12.3 Å². The number of phosphoric ester groups is 1. The zero-order valence-corrected chi connectivity index (χ0v) is 25.3. The van der Waals surface area contributed by atoms with Crippen molar-refractivity contribution in [2.45, 2.75) is 52.1 Å². The number of alkyl halides is 3. The average molecular weight is 643 g/mol. The zero-order valence-electron chi connectivity index (χ0n) is 24.4. The van der Waals surface area contributed by atoms with Crippen molar-refractivity contribution in [3.05, 3.63) is 53.9 Å². The van der Waals surface area contributed by atoms with E-state index in [1.165, 1.54) is 39.0 Å². The number of halogens is 3. The summed E-state index contributed by atoms with van der Waals surface area (Å²) >= 11 is 0. The Kier molecular flexibility index (Phi) is 12.5. The van der Waals surface area contributed by atoms with Gasteiger partial charge in [-0.05, 0) is 57.9 Å². The summed E-state index contributed by atoms with van der Waals surface area (Å²) in [6.07, 6.45) is -3.65. The predicted molar refractivity (Wildman–Crippen MR) is 150 cm³/mol. The van der Waals surface area contributed by atoms with Crippen molar-refractivity contribution in [3.63, 3.8) is 0 Å². The van der Waals surface area contributed by atoms with Crippen LogP contribution in [0.5, 0.6) is 5.75 Å². The van der Waals surface area contributed by atoms with Crippen LogP contribution in [-0.4, -0.2) is 62.2 Å². The van der Waals surface area contributed by atoms with Crippen molar-refractivity contribution in [2.24, 2.45) is 5.92 Å². The molecule has 2 atom stereocenters. The van der Waals surface area contributed by atoms with Gasteiger partial charge in [0.25, 0.3) is 0 Å². The van der Waals surface area contributed by atoms with Crippen LogP contribution in [0.25, 0.3) is 0 Å². The Labute approximate surface area is 253 Å². The number of piperidine rings is 1. The Balaban J connectivity index is 1.77. The van der Waals surface area contributed by atoms with E-state index in [0.29, 0.717) is 25.9 Å². The Hall–Kier alpha value is -3.70. The highest BCUT2D eigenvalue weighted by molar-refractivity contribution is 7.48. The van der Waals surface area contributed by atoms with Crippen LogP contribution in [0.3, 0.4) is 0 Å². The highest BCUT2D eigenvalue weighted by Crippen LogP contribution is 2.50. The van der Waals surface area contributed by atoms with Gasteiger partial charge >= 0.3 is 20.0 Å². The lowest BCUT2D eigenvalue weighted by Gasteiger charge is -2.33. The maximum Gasteiger partial charge on any atom is 0.490 e. The molecule has 16 heteroatoms. The van der Waals surface area contributed by atoms with E-state index in [1.807, 2.05) is 18.2 Å². The Morgan fingerprint density at radius 1 is 1.11 bits per heavy atom. The highest BCUT2D eigenvalue weighted by atomic mass is 31.2. The number of nitrogens with zero attached hydrogens (tertiary/aromatic N) is 3. The number of anilines is 1. The molecule has 3 rings (SSSR count). The predicted octanol–water partition coefficient (Wildman–Crippen LogP) is 5.06. The van der Waals surface area contributed by atoms with Crippen molar-refractivity contribution in [1.29, 1.82) is 5.26 Å². The van der Waals surface area contributed by atoms with Crippen LogP contribution in [0.4, 0.5) is 18.9 Å². The first-order chi connectivity index (χ1) is 20.9. The molecule has 12 nitrogen and oxygen atoms in total. The molecule has 1 amide bonds. The van der Waals surface area contributed by atoms with Gasteiger partial charge in [-0.15, -0.1) is 0 Å². The van der Waals surface area contributed by atoms with Crippen molar-refractivity contribution >= 4 is 25.4 Å². The molecule has 1 aromatic heterocycles. The quantitative estimate of drug-likeness (QED) is 0.168. The molecule has 2 heterocycles. The molecule has 0 spiro atoms. The largest absolute Gasteiger partial charge is 0.490 e. The van der Waals surface area contributed by atoms with E-state index in [1.54, 1.807) is 12.4 Å². The SMILES string of the molecule is CCOP(=O)(OCC)OCC(OC(=O)C(F)(F)F)c1ccc(C#N)cc1OC(C)NC(=O)C1CCN(c2ccncc2)CC1. The lowest BCUT2D eigenvalue weighted by Crippen LogP contribution is -2.44. The maximum atomic E-state index is 13.2. The second-order valence-corrected chi connectivity index (χ2v) is 11.2. The topological polar surface area (TPSA) is 149 Å². The lowest BCUT2D eigenvalue weighted by molar-refractivity contribution is -0.206. The van der Waals surface area contributed by atoms with E-state index in [2.05, 4.69) is 15.2 Å². The molecule has 1 aromatic carbocycles. The van der Waals surface area contributed by atoms with Crippen LogP contribution in [0, 0.1) is 17.2 Å². The second-order valence-electron chi connectivity index (χ2n) is 9.57. The number of benzene rings is 1. The van der Waals surface area contributed by atoms with Crippen LogP contribution < -0.4 is 15.0 Å². The normalized spacial score (nSPS) is 15.6. The van der Waals surface area contributed by atoms with Crippen LogP contribution in [0.1, 0.15) is 50.8 Å². The van der Waals surface area contributed by atoms with Gasteiger partial charge in [0.1, 0.15) is 12.4 Å². The number of hydrogen-bond donors (Lipinski definition) is 1. The maximum absolute atomic E-state index is 13.2. The van der Waals surface area contributed by atoms with Crippen molar-refractivity contribution in [2.75, 3.05) is 37.8 Å². The van der Waals surface area contributed by atoms with Gasteiger partial charge in [-0.2, -0.15) is 18.4 Å². The number of nitriles is 1. The average Bonchev–Trinajstić information content (AvgIpc) is 2.99. The van der Waals surface area contributed by atoms with Crippen molar-refractivity contribution in [3.8, 4) is 11.8 Å². The molecule has 1 saturated heterocycles. The van der Waals surface area contributed by atoms with Crippen LogP contribution >= 0.6 is 7.82 Å². The van der Waals surface area contributed by atoms with Crippen molar-refractivity contribution < 1.29 is 50.4 Å². The number of hydrogen-bond acceptors (Lipinski definition) is 11. The number of pyridine rings is 1. The molecule has 1 fully saturated rings. The van der Waals surface area contributed by atoms with Gasteiger partial charge in [-0.3, -0.25) is 23.3 Å². The molecule has 240 valence electrons. The number of carbonyl (C=O) groups excluding carboxylic acids is 2. The van der Waals surface area contributed by atoms with E-state index in [-0.39, 0.29) is 41.9 Å². The molecule has 0 bridgehead atoms. The fraction of sp³-hybridized carbons (Fsp3) is 0.500. The fourth-order valence-corrected chi connectivity index (χ4v) is 5.61. The number of nitrogens with one attached hydrogen (secondary N) is 1. The summed E-state index contributed by atoms with van der Waals surface area (Å²) in [6.45, 7) is 4.71. The Morgan fingerprint density at radius 3 is 2.32 bits per heavy atom. The van der Waals surface area contributed by atoms with Gasteiger partial charge < -0.3 is 19.7 Å². The van der Waals surface area contributed by atoms with Crippen LogP contribution in [0.15, 0.2) is 42.7 Å². The number of rotatable bonds is 14. The first-order valence-corrected chi connectivity index (χ1v) is 15.3. The van der Waals surface area contributed by atoms with Gasteiger partial charge in [0, 0.05) is 42.7 Å². The summed E-state index contributed by atoms with van der Waals surface area (Å²) in [5.74, 6) is -3.31. The minimum atomic E-state index is -5.36. The summed E-state index contributed by atoms with van der Waals surface area (Å²) in [4.78, 5) is 31.0. The summed E-state index contributed by atoms with van der Waals surface area (Å²) < 4.78 is 78.1. The molecule has 0 aliphatic carbocycles. The molecule has 2 unspecified atom stereocenters. The molecule has 1 aliphatic heterocycles. The molecule has 1 N–H and O–H groups in total. The molecule has 0 radical (unpaired) electrons. The Bertz CT molecular complexity index is 1340. The minimum Gasteiger partial charge on any atom is -0.470 e. The monoisotopic (exact) mass is 642 g/mol. The molecular weight excluding hydrogens is 608 g/mol. The number of carbonyl (C=O) groups is 2. The van der Waals surface area contributed by atoms with E-state index >= 15 is 0 Å². The smallest absolute Gasteiger partial charge is 0.470 e. The number of aromatic nitrogens is 1. The first-order valence-electron chi connectivity index (χ1n) is 13.9. The highest BCUT2D eigenvalue weighted by Gasteiger charge is 2.43. The summed E-state index contributed by atoms with van der Waals surface area (Å²) in [5, 5.41) is 12.1. The van der Waals surface area contributed by atoms with Crippen LogP contribution in [-0.2, 0) is 32.5 Å². The Morgan fingerprint density at radius 2 is 1.75 bits per heavy atom. The standard InChI is InChI=1S/C28H34F3N4O8P/c1-4-39-44(38,40-5-2)41-18-25(43-27(37)28(29,30)31)23-7-6-20(17-32)16-24(23)42-19(3)34-26(36)21-10-14-35(15-11-21)22-8-12-33-13-9-22/h6-9,12-13,16,19,21,25H,4-5,10-11,14-15,18H2,1-3H3,(H,34,36). The van der Waals surface area contributed by atoms with Gasteiger partial charge in [-0.25, -0.2) is 9.36 Å². The van der Waals surface area contributed by atoms with Crippen LogP contribution in [0.2, 0.25) is 0 Å². The number of phosphoric acid groups is 1. The first kappa shape index (κ1) is 34.8. The second kappa shape index (κ2) is 15.9. The van der Waals surface area contributed by atoms with E-state index in [9.17, 15) is 32.6 Å². The number of amides is 1. The van der Waals surface area contributed by atoms with Gasteiger partial charge in [0.05, 0.1) is 24.8 Å². The summed E-state index contributed by atoms with van der Waals surface area (Å²) in [5.41, 5.74) is 0.930. The lowest BCUT2D eigenvalue weighted by atomic mass is 9.95. The number of esters is 1. The third-order valence-electron chi connectivity index (χ3n) is 6.47. The third-order valence-corrected chi connectivity index (χ3v) is 8.09. The molecule has 1 aliphatic rings. The van der Waals surface area contributed by atoms with E-state index < -0.39 is 38.9 Å². The zero-order chi connectivity index (χ0) is 32.3. The molecular formula is C28H34F3N4O8P. The summed E-state index contributed by atoms with van der Waals surface area (Å²) in [6, 6.07) is 9.36. The summed E-state index contributed by atoms with van der Waals surface area (Å²) in [7, 11) is -4.22. The van der Waals surface area contributed by atoms with E-state index in [0.717, 1.165) is 5.69 Å². The van der Waals surface area contributed by atoms with E-state index in [4.69, 9.17) is 23.0 Å². The fourth-order valence-electron chi connectivity index (χ4n) is 4.44. The number of ether oxygens (including phenoxy) is 2. The van der Waals surface area contributed by atoms with Gasteiger partial charge in [-0.1, -0.05) is 6.07 Å². The van der Waals surface area contributed by atoms with Crippen molar-refractivity contribution in [1.82, 2.24) is 10.3 Å². The minimum absolute atomic E-state index is 0.0712. The molecule has 0 saturated carbocycles. The molecule has 44 heavy (non-hydrogen) atoms. The van der Waals surface area contributed by atoms with Gasteiger partial charge in [0.2, 0.25) is 5.91 Å². The molecule has 2 aromatic rings. The third kappa shape index (κ3) is 9.92.